The summed E-state index contributed by atoms with van der Waals surface area (Å²) in [5.74, 6) is -1.14. The van der Waals surface area contributed by atoms with Gasteiger partial charge in [0, 0.05) is 12.8 Å². The van der Waals surface area contributed by atoms with Crippen LogP contribution in [0, 0.1) is 11.3 Å². The van der Waals surface area contributed by atoms with E-state index in [9.17, 15) is 14.4 Å². The number of amides is 2. The van der Waals surface area contributed by atoms with E-state index in [1.807, 2.05) is 6.07 Å². The summed E-state index contributed by atoms with van der Waals surface area (Å²) >= 11 is 0. The molecular formula is C16H17N3O4. The lowest BCUT2D eigenvalue weighted by Gasteiger charge is -2.19. The Morgan fingerprint density at radius 3 is 2.65 bits per heavy atom. The van der Waals surface area contributed by atoms with Crippen LogP contribution in [0.25, 0.3) is 0 Å². The van der Waals surface area contributed by atoms with Gasteiger partial charge in [-0.05, 0) is 24.1 Å². The van der Waals surface area contributed by atoms with Gasteiger partial charge in [0.25, 0.3) is 0 Å². The zero-order chi connectivity index (χ0) is 16.8. The zero-order valence-corrected chi connectivity index (χ0v) is 12.7. The molecule has 0 spiro atoms. The van der Waals surface area contributed by atoms with Crippen LogP contribution in [0.15, 0.2) is 24.3 Å². The third kappa shape index (κ3) is 4.30. The number of ether oxygens (including phenoxy) is 1. The molecule has 0 bridgehead atoms. The number of esters is 1. The Morgan fingerprint density at radius 2 is 2.13 bits per heavy atom. The van der Waals surface area contributed by atoms with Gasteiger partial charge in [0.2, 0.25) is 11.8 Å². The molecule has 7 nitrogen and oxygen atoms in total. The molecule has 7 heteroatoms. The number of carbonyl (C=O) groups is 3. The predicted octanol–water partition coefficient (Wildman–Crippen LogP) is 0.0372. The van der Waals surface area contributed by atoms with Gasteiger partial charge in [-0.1, -0.05) is 12.1 Å². The van der Waals surface area contributed by atoms with E-state index >= 15 is 0 Å². The van der Waals surface area contributed by atoms with Crippen LogP contribution in [-0.4, -0.2) is 37.0 Å². The van der Waals surface area contributed by atoms with E-state index in [1.54, 1.807) is 24.3 Å². The van der Waals surface area contributed by atoms with Crippen LogP contribution in [-0.2, 0) is 25.5 Å². The standard InChI is InChI=1S/C16H17N3O4/c1-23-16(22)13(8-10-2-4-11(9-17)5-3-10)19-15(21)12-6-7-14(20)18-12/h2-5,12-13H,6-8H2,1H3,(H,18,20)(H,19,21)/t12-,13+/m1/s1. The first kappa shape index (κ1) is 16.5. The molecule has 2 amide bonds. The van der Waals surface area contributed by atoms with Crippen LogP contribution in [0.4, 0.5) is 0 Å². The quantitative estimate of drug-likeness (QED) is 0.746. The largest absolute Gasteiger partial charge is 0.467 e. The number of hydrogen-bond acceptors (Lipinski definition) is 5. The van der Waals surface area contributed by atoms with Crippen molar-refractivity contribution >= 4 is 17.8 Å². The average Bonchev–Trinajstić information content (AvgIpc) is 3.00. The monoisotopic (exact) mass is 315 g/mol. The molecule has 2 atom stereocenters. The van der Waals surface area contributed by atoms with Crippen molar-refractivity contribution in [1.29, 1.82) is 5.26 Å². The fourth-order valence-corrected chi connectivity index (χ4v) is 2.37. The fourth-order valence-electron chi connectivity index (χ4n) is 2.37. The molecule has 1 aliphatic rings. The lowest BCUT2D eigenvalue weighted by Crippen LogP contribution is -2.49. The summed E-state index contributed by atoms with van der Waals surface area (Å²) in [6, 6.07) is 7.27. The Labute approximate surface area is 133 Å². The number of nitriles is 1. The molecule has 0 unspecified atom stereocenters. The summed E-state index contributed by atoms with van der Waals surface area (Å²) in [7, 11) is 1.25. The van der Waals surface area contributed by atoms with E-state index < -0.39 is 24.0 Å². The Morgan fingerprint density at radius 1 is 1.43 bits per heavy atom. The molecule has 23 heavy (non-hydrogen) atoms. The molecule has 120 valence electrons. The number of hydrogen-bond donors (Lipinski definition) is 2. The average molecular weight is 315 g/mol. The Kier molecular flexibility index (Phi) is 5.31. The van der Waals surface area contributed by atoms with Crippen molar-refractivity contribution < 1.29 is 19.1 Å². The number of rotatable bonds is 5. The molecular weight excluding hydrogens is 298 g/mol. The molecule has 1 heterocycles. The maximum Gasteiger partial charge on any atom is 0.328 e. The molecule has 0 aliphatic carbocycles. The highest BCUT2D eigenvalue weighted by Gasteiger charge is 2.30. The summed E-state index contributed by atoms with van der Waals surface area (Å²) < 4.78 is 4.72. The molecule has 0 radical (unpaired) electrons. The van der Waals surface area contributed by atoms with Gasteiger partial charge >= 0.3 is 5.97 Å². The summed E-state index contributed by atoms with van der Waals surface area (Å²) in [6.45, 7) is 0. The van der Waals surface area contributed by atoms with Crippen LogP contribution in [0.1, 0.15) is 24.0 Å². The van der Waals surface area contributed by atoms with Crippen LogP contribution in [0.5, 0.6) is 0 Å². The van der Waals surface area contributed by atoms with Crippen molar-refractivity contribution in [3.05, 3.63) is 35.4 Å². The number of nitrogens with zero attached hydrogens (tertiary/aromatic N) is 1. The van der Waals surface area contributed by atoms with Gasteiger partial charge in [0.15, 0.2) is 0 Å². The molecule has 2 rings (SSSR count). The van der Waals surface area contributed by atoms with Crippen molar-refractivity contribution in [2.24, 2.45) is 0 Å². The van der Waals surface area contributed by atoms with Crippen molar-refractivity contribution in [3.8, 4) is 6.07 Å². The summed E-state index contributed by atoms with van der Waals surface area (Å²) in [5, 5.41) is 14.0. The molecule has 0 aromatic heterocycles. The normalized spacial score (nSPS) is 17.7. The van der Waals surface area contributed by atoms with E-state index in [0.717, 1.165) is 5.56 Å². The summed E-state index contributed by atoms with van der Waals surface area (Å²) in [4.78, 5) is 35.2. The van der Waals surface area contributed by atoms with Gasteiger partial charge in [0.05, 0.1) is 18.7 Å². The lowest BCUT2D eigenvalue weighted by molar-refractivity contribution is -0.145. The fraction of sp³-hybridized carbons (Fsp3) is 0.375. The highest BCUT2D eigenvalue weighted by Crippen LogP contribution is 2.10. The van der Waals surface area contributed by atoms with Crippen molar-refractivity contribution in [2.75, 3.05) is 7.11 Å². The highest BCUT2D eigenvalue weighted by atomic mass is 16.5. The Hall–Kier alpha value is -2.88. The molecule has 1 saturated heterocycles. The molecule has 0 saturated carbocycles. The third-order valence-corrected chi connectivity index (χ3v) is 3.64. The zero-order valence-electron chi connectivity index (χ0n) is 12.7. The van der Waals surface area contributed by atoms with Gasteiger partial charge in [-0.3, -0.25) is 9.59 Å². The Balaban J connectivity index is 2.04. The van der Waals surface area contributed by atoms with Crippen LogP contribution < -0.4 is 10.6 Å². The van der Waals surface area contributed by atoms with Gasteiger partial charge in [0.1, 0.15) is 12.1 Å². The first-order valence-electron chi connectivity index (χ1n) is 7.20. The molecule has 2 N–H and O–H groups in total. The van der Waals surface area contributed by atoms with E-state index in [1.165, 1.54) is 7.11 Å². The third-order valence-electron chi connectivity index (χ3n) is 3.64. The maximum atomic E-state index is 12.1. The smallest absolute Gasteiger partial charge is 0.328 e. The van der Waals surface area contributed by atoms with Crippen LogP contribution in [0.2, 0.25) is 0 Å². The predicted molar refractivity (Wildman–Crippen MR) is 80.0 cm³/mol. The summed E-state index contributed by atoms with van der Waals surface area (Å²) in [5.41, 5.74) is 1.30. The maximum absolute atomic E-state index is 12.1. The summed E-state index contributed by atoms with van der Waals surface area (Å²) in [6.07, 6.45) is 0.955. The first-order valence-corrected chi connectivity index (χ1v) is 7.20. The Bertz CT molecular complexity index is 648. The topological polar surface area (TPSA) is 108 Å². The molecule has 1 fully saturated rings. The van der Waals surface area contributed by atoms with Crippen molar-refractivity contribution in [2.45, 2.75) is 31.3 Å². The van der Waals surface area contributed by atoms with Crippen LogP contribution in [0.3, 0.4) is 0 Å². The van der Waals surface area contributed by atoms with E-state index in [-0.39, 0.29) is 12.3 Å². The van der Waals surface area contributed by atoms with E-state index in [0.29, 0.717) is 18.4 Å². The van der Waals surface area contributed by atoms with E-state index in [4.69, 9.17) is 10.00 Å². The molecule has 1 aromatic rings. The molecule has 1 aromatic carbocycles. The van der Waals surface area contributed by atoms with Gasteiger partial charge in [-0.2, -0.15) is 5.26 Å². The lowest BCUT2D eigenvalue weighted by atomic mass is 10.0. The minimum absolute atomic E-state index is 0.174. The highest BCUT2D eigenvalue weighted by molar-refractivity contribution is 5.93. The van der Waals surface area contributed by atoms with Crippen LogP contribution >= 0.6 is 0 Å². The minimum atomic E-state index is -0.849. The van der Waals surface area contributed by atoms with Crippen molar-refractivity contribution in [3.63, 3.8) is 0 Å². The number of carbonyl (C=O) groups excluding carboxylic acids is 3. The SMILES string of the molecule is COC(=O)[C@H](Cc1ccc(C#N)cc1)NC(=O)[C@H]1CCC(=O)N1. The number of nitrogens with one attached hydrogen (secondary N) is 2. The number of methoxy groups -OCH3 is 1. The second-order valence-corrected chi connectivity index (χ2v) is 5.26. The molecule has 1 aliphatic heterocycles. The second-order valence-electron chi connectivity index (χ2n) is 5.26. The minimum Gasteiger partial charge on any atom is -0.467 e. The van der Waals surface area contributed by atoms with Gasteiger partial charge < -0.3 is 15.4 Å². The number of benzene rings is 1. The van der Waals surface area contributed by atoms with E-state index in [2.05, 4.69) is 10.6 Å². The first-order chi connectivity index (χ1) is 11.0. The van der Waals surface area contributed by atoms with Gasteiger partial charge in [-0.15, -0.1) is 0 Å². The van der Waals surface area contributed by atoms with Gasteiger partial charge in [-0.25, -0.2) is 4.79 Å². The second kappa shape index (κ2) is 7.40. The van der Waals surface area contributed by atoms with Crippen molar-refractivity contribution in [1.82, 2.24) is 10.6 Å².